The van der Waals surface area contributed by atoms with Crippen LogP contribution in [-0.4, -0.2) is 28.8 Å². The Morgan fingerprint density at radius 3 is 2.34 bits per heavy atom. The van der Waals surface area contributed by atoms with E-state index >= 15 is 0 Å². The second-order valence-corrected chi connectivity index (χ2v) is 10.9. The van der Waals surface area contributed by atoms with Crippen LogP contribution in [0.1, 0.15) is 54.1 Å². The van der Waals surface area contributed by atoms with Gasteiger partial charge in [0.1, 0.15) is 11.3 Å². The lowest BCUT2D eigenvalue weighted by Gasteiger charge is -2.28. The number of rotatable bonds is 6. The van der Waals surface area contributed by atoms with Crippen LogP contribution in [0.2, 0.25) is 5.02 Å². The molecule has 1 atom stereocenters. The normalized spacial score (nSPS) is 16.0. The van der Waals surface area contributed by atoms with E-state index in [-0.39, 0.29) is 23.3 Å². The number of hydrogen-bond donors (Lipinski definition) is 1. The highest BCUT2D eigenvalue weighted by atomic mass is 35.5. The molecule has 38 heavy (non-hydrogen) atoms. The van der Waals surface area contributed by atoms with Crippen LogP contribution >= 0.6 is 11.6 Å². The van der Waals surface area contributed by atoms with E-state index in [0.29, 0.717) is 27.3 Å². The summed E-state index contributed by atoms with van der Waals surface area (Å²) in [5.74, 6) is -1.03. The first kappa shape index (κ1) is 25.6. The number of aliphatic hydroxyl groups is 1. The van der Waals surface area contributed by atoms with E-state index in [0.717, 1.165) is 11.1 Å². The van der Waals surface area contributed by atoms with E-state index in [9.17, 15) is 14.7 Å². The number of nitrogens with zero attached hydrogens (tertiary/aromatic N) is 1. The van der Waals surface area contributed by atoms with Crippen molar-refractivity contribution in [2.45, 2.75) is 38.8 Å². The highest BCUT2D eigenvalue weighted by molar-refractivity contribution is 6.31. The Labute approximate surface area is 226 Å². The molecule has 1 aromatic heterocycles. The lowest BCUT2D eigenvalue weighted by Crippen LogP contribution is -2.30. The summed E-state index contributed by atoms with van der Waals surface area (Å²) in [6.07, 6.45) is 0. The third-order valence-corrected chi connectivity index (χ3v) is 7.09. The predicted octanol–water partition coefficient (Wildman–Crippen LogP) is 7.17. The van der Waals surface area contributed by atoms with Gasteiger partial charge in [-0.05, 0) is 58.5 Å². The molecule has 0 radical (unpaired) electrons. The van der Waals surface area contributed by atoms with Gasteiger partial charge in [0.2, 0.25) is 5.78 Å². The van der Waals surface area contributed by atoms with Crippen molar-refractivity contribution >= 4 is 34.3 Å². The fourth-order valence-electron chi connectivity index (χ4n) is 4.75. The zero-order valence-corrected chi connectivity index (χ0v) is 22.4. The predicted molar refractivity (Wildman–Crippen MR) is 147 cm³/mol. The van der Waals surface area contributed by atoms with E-state index in [4.69, 9.17) is 20.8 Å². The molecular formula is C31H28ClNO5. The summed E-state index contributed by atoms with van der Waals surface area (Å²) < 4.78 is 11.1. The number of methoxy groups -OCH3 is 1. The van der Waals surface area contributed by atoms with Crippen LogP contribution in [0.25, 0.3) is 11.0 Å². The molecule has 0 saturated carbocycles. The minimum absolute atomic E-state index is 0.0165. The van der Waals surface area contributed by atoms with E-state index in [1.165, 1.54) is 4.90 Å². The second kappa shape index (κ2) is 9.69. The number of carbonyl (C=O) groups is 2. The first-order chi connectivity index (χ1) is 18.1. The van der Waals surface area contributed by atoms with Crippen molar-refractivity contribution in [2.24, 2.45) is 0 Å². The summed E-state index contributed by atoms with van der Waals surface area (Å²) >= 11 is 6.10. The van der Waals surface area contributed by atoms with Crippen molar-refractivity contribution in [3.8, 4) is 5.75 Å². The molecule has 2 heterocycles. The van der Waals surface area contributed by atoms with Crippen molar-refractivity contribution in [1.82, 2.24) is 4.90 Å². The Morgan fingerprint density at radius 1 is 1.03 bits per heavy atom. The molecule has 194 valence electrons. The van der Waals surface area contributed by atoms with Crippen LogP contribution in [0, 0.1) is 0 Å². The van der Waals surface area contributed by atoms with Crippen molar-refractivity contribution < 1.29 is 23.8 Å². The Morgan fingerprint density at radius 2 is 1.71 bits per heavy atom. The maximum atomic E-state index is 13.8. The van der Waals surface area contributed by atoms with Crippen molar-refractivity contribution in [3.05, 3.63) is 112 Å². The summed E-state index contributed by atoms with van der Waals surface area (Å²) in [6, 6.07) is 21.0. The zero-order valence-electron chi connectivity index (χ0n) is 21.6. The van der Waals surface area contributed by atoms with E-state index in [1.54, 1.807) is 31.4 Å². The standard InChI is InChI=1S/C31H28ClNO5/c1-31(2,3)21-9-7-19(8-10-21)27-26(28(34)25-16-20-15-22(32)11-14-24(20)38-25)29(35)30(36)33(27)17-18-5-12-23(37-4)13-6-18/h5-16,27,35H,17H2,1-4H3. The molecule has 5 rings (SSSR count). The van der Waals surface area contributed by atoms with Gasteiger partial charge in [-0.3, -0.25) is 9.59 Å². The number of fused-ring (bicyclic) bond motifs is 1. The van der Waals surface area contributed by atoms with Gasteiger partial charge in [0.15, 0.2) is 11.5 Å². The molecule has 0 saturated heterocycles. The Kier molecular flexibility index (Phi) is 6.53. The number of hydrogen-bond acceptors (Lipinski definition) is 5. The van der Waals surface area contributed by atoms with Gasteiger partial charge in [0.25, 0.3) is 5.91 Å². The van der Waals surface area contributed by atoms with E-state index in [1.807, 2.05) is 48.5 Å². The van der Waals surface area contributed by atoms with Gasteiger partial charge >= 0.3 is 0 Å². The molecule has 1 aliphatic rings. The van der Waals surface area contributed by atoms with Crippen molar-refractivity contribution in [2.75, 3.05) is 7.11 Å². The molecule has 1 aliphatic heterocycles. The van der Waals surface area contributed by atoms with Gasteiger partial charge in [0.05, 0.1) is 18.7 Å². The molecule has 3 aromatic carbocycles. The Bertz CT molecular complexity index is 1560. The van der Waals surface area contributed by atoms with Crippen LogP contribution in [-0.2, 0) is 16.8 Å². The minimum atomic E-state index is -0.803. The number of ether oxygens (including phenoxy) is 1. The van der Waals surface area contributed by atoms with Crippen LogP contribution in [0.3, 0.4) is 0 Å². The van der Waals surface area contributed by atoms with Crippen LogP contribution in [0.15, 0.2) is 88.5 Å². The van der Waals surface area contributed by atoms with Crippen LogP contribution < -0.4 is 4.74 Å². The molecule has 0 aliphatic carbocycles. The minimum Gasteiger partial charge on any atom is -0.503 e. The van der Waals surface area contributed by atoms with Gasteiger partial charge in [-0.2, -0.15) is 0 Å². The number of ketones is 1. The molecule has 6 nitrogen and oxygen atoms in total. The number of furan rings is 1. The summed E-state index contributed by atoms with van der Waals surface area (Å²) in [6.45, 7) is 6.54. The number of benzene rings is 3. The topological polar surface area (TPSA) is 80.0 Å². The zero-order chi connectivity index (χ0) is 27.2. The first-order valence-corrected chi connectivity index (χ1v) is 12.7. The number of amides is 1. The molecule has 1 N–H and O–H groups in total. The molecule has 7 heteroatoms. The highest BCUT2D eigenvalue weighted by Gasteiger charge is 2.44. The summed E-state index contributed by atoms with van der Waals surface area (Å²) in [7, 11) is 1.59. The second-order valence-electron chi connectivity index (χ2n) is 10.4. The van der Waals surface area contributed by atoms with Gasteiger partial charge in [-0.25, -0.2) is 0 Å². The molecule has 4 aromatic rings. The first-order valence-electron chi connectivity index (χ1n) is 12.3. The van der Waals surface area contributed by atoms with Gasteiger partial charge < -0.3 is 19.2 Å². The third kappa shape index (κ3) is 4.68. The fraction of sp³-hybridized carbons (Fsp3) is 0.226. The average molecular weight is 530 g/mol. The maximum absolute atomic E-state index is 13.8. The number of carbonyl (C=O) groups excluding carboxylic acids is 2. The molecule has 1 amide bonds. The monoisotopic (exact) mass is 529 g/mol. The quantitative estimate of drug-likeness (QED) is 0.268. The van der Waals surface area contributed by atoms with E-state index in [2.05, 4.69) is 20.8 Å². The van der Waals surface area contributed by atoms with Crippen molar-refractivity contribution in [3.63, 3.8) is 0 Å². The van der Waals surface area contributed by atoms with Gasteiger partial charge in [0, 0.05) is 17.0 Å². The SMILES string of the molecule is COc1ccc(CN2C(=O)C(O)=C(C(=O)c3cc4cc(Cl)ccc4o3)C2c2ccc(C(C)(C)C)cc2)cc1. The number of halogens is 1. The summed E-state index contributed by atoms with van der Waals surface area (Å²) in [5, 5.41) is 12.2. The number of Topliss-reactive ketones (excluding diaryl/α,β-unsaturated/α-hetero) is 1. The lowest BCUT2D eigenvalue weighted by atomic mass is 9.85. The summed E-state index contributed by atoms with van der Waals surface area (Å²) in [5.41, 5.74) is 3.06. The van der Waals surface area contributed by atoms with Crippen LogP contribution in [0.4, 0.5) is 0 Å². The highest BCUT2D eigenvalue weighted by Crippen LogP contribution is 2.41. The molecule has 0 fully saturated rings. The van der Waals surface area contributed by atoms with E-state index < -0.39 is 23.5 Å². The summed E-state index contributed by atoms with van der Waals surface area (Å²) in [4.78, 5) is 28.7. The smallest absolute Gasteiger partial charge is 0.290 e. The average Bonchev–Trinajstić information content (AvgIpc) is 3.42. The van der Waals surface area contributed by atoms with Crippen LogP contribution in [0.5, 0.6) is 5.75 Å². The van der Waals surface area contributed by atoms with Crippen molar-refractivity contribution in [1.29, 1.82) is 0 Å². The number of aliphatic hydroxyl groups excluding tert-OH is 1. The Balaban J connectivity index is 1.58. The maximum Gasteiger partial charge on any atom is 0.290 e. The molecule has 0 spiro atoms. The molecular weight excluding hydrogens is 502 g/mol. The largest absolute Gasteiger partial charge is 0.503 e. The van der Waals surface area contributed by atoms with Gasteiger partial charge in [-0.1, -0.05) is 68.8 Å². The Hall–Kier alpha value is -4.03. The van der Waals surface area contributed by atoms with Gasteiger partial charge in [-0.15, -0.1) is 0 Å². The lowest BCUT2D eigenvalue weighted by molar-refractivity contribution is -0.130. The molecule has 0 bridgehead atoms. The fourth-order valence-corrected chi connectivity index (χ4v) is 4.93. The molecule has 1 unspecified atom stereocenters. The third-order valence-electron chi connectivity index (χ3n) is 6.85.